The van der Waals surface area contributed by atoms with E-state index in [9.17, 15) is 14.4 Å². The Morgan fingerprint density at radius 3 is 2.67 bits per heavy atom. The highest BCUT2D eigenvalue weighted by Gasteiger charge is 2.37. The average Bonchev–Trinajstić information content (AvgIpc) is 3.56. The molecule has 184 valence electrons. The van der Waals surface area contributed by atoms with Crippen molar-refractivity contribution in [3.63, 3.8) is 0 Å². The van der Waals surface area contributed by atoms with E-state index in [4.69, 9.17) is 0 Å². The second-order valence-corrected chi connectivity index (χ2v) is 9.72. The maximum Gasteiger partial charge on any atom is 0.324 e. The zero-order valence-corrected chi connectivity index (χ0v) is 20.0. The van der Waals surface area contributed by atoms with Gasteiger partial charge in [-0.2, -0.15) is 0 Å². The first-order chi connectivity index (χ1) is 17.6. The molecule has 2 atom stereocenters. The highest BCUT2D eigenvalue weighted by Crippen LogP contribution is 2.34. The number of imide groups is 1. The molecule has 1 fully saturated rings. The number of para-hydroxylation sites is 2. The fraction of sp³-hybridized carbons (Fsp3) is 0.321. The molecule has 3 heterocycles. The number of aromatic nitrogens is 2. The van der Waals surface area contributed by atoms with Gasteiger partial charge in [-0.25, -0.2) is 4.79 Å². The van der Waals surface area contributed by atoms with Crippen molar-refractivity contribution >= 4 is 39.7 Å². The Bertz CT molecular complexity index is 1470. The lowest BCUT2D eigenvalue weighted by molar-refractivity contribution is -0.127. The van der Waals surface area contributed by atoms with Gasteiger partial charge in [-0.1, -0.05) is 36.4 Å². The van der Waals surface area contributed by atoms with Gasteiger partial charge in [0.2, 0.25) is 5.91 Å². The first kappa shape index (κ1) is 22.4. The van der Waals surface area contributed by atoms with Crippen molar-refractivity contribution in [2.75, 3.05) is 6.54 Å². The van der Waals surface area contributed by atoms with Gasteiger partial charge < -0.3 is 20.6 Å². The lowest BCUT2D eigenvalue weighted by Crippen LogP contribution is -2.35. The van der Waals surface area contributed by atoms with Crippen LogP contribution in [0.15, 0.2) is 54.7 Å². The van der Waals surface area contributed by atoms with E-state index in [2.05, 4.69) is 32.7 Å². The number of rotatable bonds is 7. The SMILES string of the molecule is O=C(CC[C@H]1NC(=O)N(CCc2c[nH]c3ccccc23)C1=O)N[C@H]1CCCc2c1[nH]c1ccccc21. The molecule has 4 aromatic rings. The topological polar surface area (TPSA) is 110 Å². The van der Waals surface area contributed by atoms with E-state index >= 15 is 0 Å². The average molecular weight is 484 g/mol. The number of benzene rings is 2. The third-order valence-corrected chi connectivity index (χ3v) is 7.50. The minimum absolute atomic E-state index is 0.0600. The van der Waals surface area contributed by atoms with E-state index in [1.54, 1.807) is 0 Å². The van der Waals surface area contributed by atoms with Crippen molar-refractivity contribution in [2.24, 2.45) is 0 Å². The Balaban J connectivity index is 1.05. The summed E-state index contributed by atoms with van der Waals surface area (Å²) in [6.07, 6.45) is 5.86. The number of nitrogens with zero attached hydrogens (tertiary/aromatic N) is 1. The minimum atomic E-state index is -0.666. The van der Waals surface area contributed by atoms with Crippen LogP contribution in [0.1, 0.15) is 48.5 Å². The van der Waals surface area contributed by atoms with Crippen LogP contribution >= 0.6 is 0 Å². The third kappa shape index (κ3) is 4.02. The zero-order valence-electron chi connectivity index (χ0n) is 20.0. The monoisotopic (exact) mass is 483 g/mol. The Labute approximate surface area is 208 Å². The molecule has 2 aliphatic rings. The first-order valence-electron chi connectivity index (χ1n) is 12.6. The van der Waals surface area contributed by atoms with Crippen molar-refractivity contribution in [1.82, 2.24) is 25.5 Å². The van der Waals surface area contributed by atoms with E-state index in [-0.39, 0.29) is 36.7 Å². The molecule has 1 aliphatic heterocycles. The lowest BCUT2D eigenvalue weighted by Gasteiger charge is -2.24. The van der Waals surface area contributed by atoms with Gasteiger partial charge in [0.1, 0.15) is 6.04 Å². The lowest BCUT2D eigenvalue weighted by atomic mass is 9.91. The molecule has 36 heavy (non-hydrogen) atoms. The number of amides is 4. The molecule has 8 nitrogen and oxygen atoms in total. The number of fused-ring (bicyclic) bond motifs is 4. The number of hydrogen-bond acceptors (Lipinski definition) is 3. The molecule has 1 aliphatic carbocycles. The number of carbonyl (C=O) groups excluding carboxylic acids is 3. The van der Waals surface area contributed by atoms with Gasteiger partial charge >= 0.3 is 6.03 Å². The molecular formula is C28H29N5O3. The van der Waals surface area contributed by atoms with Gasteiger partial charge in [-0.15, -0.1) is 0 Å². The van der Waals surface area contributed by atoms with Gasteiger partial charge in [0, 0.05) is 46.7 Å². The molecule has 2 aromatic heterocycles. The van der Waals surface area contributed by atoms with E-state index in [0.29, 0.717) is 13.0 Å². The van der Waals surface area contributed by atoms with Crippen LogP contribution in [0, 0.1) is 0 Å². The molecule has 0 bridgehead atoms. The number of H-pyrrole nitrogens is 2. The van der Waals surface area contributed by atoms with Crippen LogP contribution in [0.25, 0.3) is 21.8 Å². The smallest absolute Gasteiger partial charge is 0.324 e. The second-order valence-electron chi connectivity index (χ2n) is 9.72. The van der Waals surface area contributed by atoms with Crippen LogP contribution in [0.3, 0.4) is 0 Å². The standard InChI is InChI=1S/C28H29N5O3/c34-25(30-23-11-5-8-20-19-7-2-4-10-22(19)31-26(20)23)13-12-24-27(35)33(28(36)32-24)15-14-17-16-29-21-9-3-1-6-18(17)21/h1-4,6-7,9-10,16,23-24,29,31H,5,8,11-15H2,(H,30,34)(H,32,36)/t23-,24+/m0/s1. The molecule has 0 saturated carbocycles. The van der Waals surface area contributed by atoms with Crippen LogP contribution in [0.2, 0.25) is 0 Å². The van der Waals surface area contributed by atoms with Crippen LogP contribution in [-0.4, -0.2) is 45.3 Å². The number of aryl methyl sites for hydroxylation is 1. The van der Waals surface area contributed by atoms with Gasteiger partial charge in [-0.3, -0.25) is 14.5 Å². The van der Waals surface area contributed by atoms with Crippen molar-refractivity contribution in [2.45, 2.75) is 50.6 Å². The molecule has 6 rings (SSSR count). The van der Waals surface area contributed by atoms with E-state index in [0.717, 1.165) is 46.9 Å². The van der Waals surface area contributed by atoms with Crippen molar-refractivity contribution < 1.29 is 14.4 Å². The van der Waals surface area contributed by atoms with E-state index < -0.39 is 6.04 Å². The summed E-state index contributed by atoms with van der Waals surface area (Å²) < 4.78 is 0. The van der Waals surface area contributed by atoms with Crippen molar-refractivity contribution in [1.29, 1.82) is 0 Å². The molecular weight excluding hydrogens is 454 g/mol. The molecule has 2 aromatic carbocycles. The Morgan fingerprint density at radius 1 is 1.03 bits per heavy atom. The fourth-order valence-electron chi connectivity index (χ4n) is 5.66. The molecule has 4 amide bonds. The predicted molar refractivity (Wildman–Crippen MR) is 137 cm³/mol. The molecule has 8 heteroatoms. The summed E-state index contributed by atoms with van der Waals surface area (Å²) in [5.74, 6) is -0.367. The number of hydrogen-bond donors (Lipinski definition) is 4. The first-order valence-corrected chi connectivity index (χ1v) is 12.6. The van der Waals surface area contributed by atoms with Crippen molar-refractivity contribution in [3.05, 3.63) is 71.5 Å². The van der Waals surface area contributed by atoms with Gasteiger partial charge in [-0.05, 0) is 55.4 Å². The summed E-state index contributed by atoms with van der Waals surface area (Å²) in [6.45, 7) is 0.306. The van der Waals surface area contributed by atoms with Crippen LogP contribution in [0.4, 0.5) is 4.79 Å². The minimum Gasteiger partial charge on any atom is -0.361 e. The predicted octanol–water partition coefficient (Wildman–Crippen LogP) is 4.09. The zero-order chi connectivity index (χ0) is 24.6. The number of aromatic amines is 2. The fourth-order valence-corrected chi connectivity index (χ4v) is 5.66. The molecule has 4 N–H and O–H groups in total. The Hall–Kier alpha value is -4.07. The van der Waals surface area contributed by atoms with Gasteiger partial charge in [0.15, 0.2) is 0 Å². The highest BCUT2D eigenvalue weighted by molar-refractivity contribution is 6.04. The third-order valence-electron chi connectivity index (χ3n) is 7.50. The number of carbonyl (C=O) groups is 3. The maximum atomic E-state index is 12.9. The normalized spacial score (nSPS) is 19.6. The van der Waals surface area contributed by atoms with E-state index in [1.807, 2.05) is 42.6 Å². The summed E-state index contributed by atoms with van der Waals surface area (Å²) >= 11 is 0. The summed E-state index contributed by atoms with van der Waals surface area (Å²) in [6, 6.07) is 15.1. The van der Waals surface area contributed by atoms with E-state index in [1.165, 1.54) is 15.8 Å². The molecule has 0 spiro atoms. The molecule has 0 radical (unpaired) electrons. The quantitative estimate of drug-likeness (QED) is 0.297. The van der Waals surface area contributed by atoms with Crippen LogP contribution in [0.5, 0.6) is 0 Å². The van der Waals surface area contributed by atoms with Crippen LogP contribution < -0.4 is 10.6 Å². The number of urea groups is 1. The van der Waals surface area contributed by atoms with Crippen molar-refractivity contribution in [3.8, 4) is 0 Å². The molecule has 0 unspecified atom stereocenters. The van der Waals surface area contributed by atoms with Gasteiger partial charge in [0.05, 0.1) is 6.04 Å². The highest BCUT2D eigenvalue weighted by atomic mass is 16.2. The Morgan fingerprint density at radius 2 is 1.81 bits per heavy atom. The Kier molecular flexibility index (Phi) is 5.71. The summed E-state index contributed by atoms with van der Waals surface area (Å²) in [7, 11) is 0. The number of nitrogens with one attached hydrogen (secondary N) is 4. The van der Waals surface area contributed by atoms with Crippen LogP contribution in [-0.2, 0) is 22.4 Å². The maximum absolute atomic E-state index is 12.9. The second kappa shape index (κ2) is 9.18. The summed E-state index contributed by atoms with van der Waals surface area (Å²) in [4.78, 5) is 46.2. The summed E-state index contributed by atoms with van der Waals surface area (Å²) in [5.41, 5.74) is 5.57. The van der Waals surface area contributed by atoms with Gasteiger partial charge in [0.25, 0.3) is 5.91 Å². The molecule has 1 saturated heterocycles. The summed E-state index contributed by atoms with van der Waals surface area (Å²) in [5, 5.41) is 8.22. The largest absolute Gasteiger partial charge is 0.361 e.